The molecule has 0 radical (unpaired) electrons. The van der Waals surface area contributed by atoms with Crippen molar-refractivity contribution in [1.29, 1.82) is 0 Å². The predicted molar refractivity (Wildman–Crippen MR) is 42.7 cm³/mol. The molecule has 0 aromatic carbocycles. The maximum atomic E-state index is 5.87. The number of alkyl halides is 1. The van der Waals surface area contributed by atoms with E-state index in [2.05, 4.69) is 13.8 Å². The molecule has 0 aliphatic rings. The third-order valence-electron chi connectivity index (χ3n) is 1.37. The van der Waals surface area contributed by atoms with Crippen LogP contribution in [0.25, 0.3) is 0 Å². The Morgan fingerprint density at radius 1 is 1.38 bits per heavy atom. The Bertz CT molecular complexity index is 61.3. The zero-order valence-corrected chi connectivity index (χ0v) is 8.33. The second kappa shape index (κ2) is 3.97. The van der Waals surface area contributed by atoms with Gasteiger partial charge in [0.25, 0.3) is 0 Å². The van der Waals surface area contributed by atoms with Crippen molar-refractivity contribution in [2.75, 3.05) is 0 Å². The molecule has 0 amide bonds. The second-order valence-electron chi connectivity index (χ2n) is 2.72. The van der Waals surface area contributed by atoms with Crippen LogP contribution in [-0.4, -0.2) is 27.9 Å². The van der Waals surface area contributed by atoms with Gasteiger partial charge >= 0.3 is 23.1 Å². The summed E-state index contributed by atoms with van der Waals surface area (Å²) in [4.78, 5) is -0.0278. The van der Waals surface area contributed by atoms with Crippen molar-refractivity contribution >= 4 is 34.7 Å². The maximum Gasteiger partial charge on any atom is 2.00 e. The summed E-state index contributed by atoms with van der Waals surface area (Å²) in [6, 6.07) is 0. The van der Waals surface area contributed by atoms with Crippen molar-refractivity contribution in [2.45, 2.75) is 32.6 Å². The number of hydrogen-bond acceptors (Lipinski definition) is 0. The molecule has 0 nitrogen and oxygen atoms in total. The van der Waals surface area contributed by atoms with E-state index in [1.54, 1.807) is 0 Å². The second-order valence-corrected chi connectivity index (χ2v) is 3.69. The molecular formula is C6H15ClMg. The van der Waals surface area contributed by atoms with E-state index < -0.39 is 0 Å². The average molecular weight is 147 g/mol. The zero-order chi connectivity index (χ0) is 6.08. The Labute approximate surface area is 76.1 Å². The number of halogens is 1. The van der Waals surface area contributed by atoms with Crippen LogP contribution in [0.2, 0.25) is 0 Å². The molecule has 0 aromatic rings. The minimum Gasteiger partial charge on any atom is -1.00 e. The van der Waals surface area contributed by atoms with Gasteiger partial charge in [0.05, 0.1) is 0 Å². The van der Waals surface area contributed by atoms with E-state index in [1.807, 2.05) is 13.8 Å². The van der Waals surface area contributed by atoms with Gasteiger partial charge in [0.2, 0.25) is 0 Å². The topological polar surface area (TPSA) is 0 Å². The number of rotatable bonds is 1. The van der Waals surface area contributed by atoms with Gasteiger partial charge in [0.1, 0.15) is 0 Å². The maximum absolute atomic E-state index is 5.87. The van der Waals surface area contributed by atoms with Crippen LogP contribution in [0.5, 0.6) is 0 Å². The summed E-state index contributed by atoms with van der Waals surface area (Å²) in [5, 5.41) is 0. The minimum absolute atomic E-state index is 0. The molecule has 2 heteroatoms. The van der Waals surface area contributed by atoms with Crippen LogP contribution in [0.3, 0.4) is 0 Å². The van der Waals surface area contributed by atoms with Gasteiger partial charge in [-0.1, -0.05) is 13.8 Å². The summed E-state index contributed by atoms with van der Waals surface area (Å²) in [5.74, 6) is 0.564. The Morgan fingerprint density at radius 2 is 1.50 bits per heavy atom. The van der Waals surface area contributed by atoms with Crippen molar-refractivity contribution in [1.82, 2.24) is 0 Å². The molecule has 0 fully saturated rings. The molecule has 0 rings (SSSR count). The fourth-order valence-corrected chi connectivity index (χ4v) is 0. The summed E-state index contributed by atoms with van der Waals surface area (Å²) in [5.41, 5.74) is 0. The zero-order valence-electron chi connectivity index (χ0n) is 8.16. The molecule has 0 unspecified atom stereocenters. The molecule has 8 heavy (non-hydrogen) atoms. The van der Waals surface area contributed by atoms with Crippen LogP contribution < -0.4 is 0 Å². The van der Waals surface area contributed by atoms with Crippen molar-refractivity contribution < 1.29 is 2.85 Å². The summed E-state index contributed by atoms with van der Waals surface area (Å²) in [6.07, 6.45) is 0. The standard InChI is InChI=1S/C6H13Cl.Mg.2H/c1-5(2)6(3,4)7;;;/h5H,1-4H3;;;/q;+2;2*-1. The Hall–Kier alpha value is 1.06. The van der Waals surface area contributed by atoms with Crippen molar-refractivity contribution in [3.8, 4) is 0 Å². The molecule has 0 saturated carbocycles. The third-order valence-corrected chi connectivity index (χ3v) is 1.81. The van der Waals surface area contributed by atoms with Gasteiger partial charge < -0.3 is 2.85 Å². The van der Waals surface area contributed by atoms with Crippen molar-refractivity contribution in [3.63, 3.8) is 0 Å². The van der Waals surface area contributed by atoms with Gasteiger partial charge in [-0.15, -0.1) is 11.6 Å². The van der Waals surface area contributed by atoms with Gasteiger partial charge in [-0.2, -0.15) is 0 Å². The van der Waals surface area contributed by atoms with Crippen LogP contribution in [0, 0.1) is 5.92 Å². The molecule has 0 spiro atoms. The Balaban J connectivity index is -0.0000000600. The Kier molecular flexibility index (Phi) is 5.85. The van der Waals surface area contributed by atoms with E-state index in [0.717, 1.165) is 0 Å². The van der Waals surface area contributed by atoms with Crippen LogP contribution in [-0.2, 0) is 0 Å². The first-order valence-corrected chi connectivity index (χ1v) is 3.01. The predicted octanol–water partition coefficient (Wildman–Crippen LogP) is 2.50. The fraction of sp³-hybridized carbons (Fsp3) is 1.00. The van der Waals surface area contributed by atoms with Gasteiger partial charge in [-0.05, 0) is 19.8 Å². The average Bonchev–Trinajstić information content (AvgIpc) is 1.31. The normalized spacial score (nSPS) is 11.2. The molecule has 48 valence electrons. The first-order valence-electron chi connectivity index (χ1n) is 2.63. The quantitative estimate of drug-likeness (QED) is 0.394. The van der Waals surface area contributed by atoms with E-state index in [-0.39, 0.29) is 30.8 Å². The van der Waals surface area contributed by atoms with E-state index in [0.29, 0.717) is 5.92 Å². The molecule has 0 heterocycles. The molecule has 0 aliphatic heterocycles. The fourth-order valence-electron chi connectivity index (χ4n) is 0. The largest absolute Gasteiger partial charge is 2.00 e. The SMILES string of the molecule is CC(C)C(C)(C)Cl.[H-].[H-].[Mg+2]. The molecule has 0 aromatic heterocycles. The molecular weight excluding hydrogens is 132 g/mol. The summed E-state index contributed by atoms with van der Waals surface area (Å²) in [6.45, 7) is 8.29. The van der Waals surface area contributed by atoms with E-state index in [1.165, 1.54) is 0 Å². The summed E-state index contributed by atoms with van der Waals surface area (Å²) in [7, 11) is 0. The monoisotopic (exact) mass is 146 g/mol. The molecule has 0 N–H and O–H groups in total. The smallest absolute Gasteiger partial charge is 1.00 e. The van der Waals surface area contributed by atoms with E-state index in [9.17, 15) is 0 Å². The van der Waals surface area contributed by atoms with Gasteiger partial charge in [0, 0.05) is 4.87 Å². The Morgan fingerprint density at radius 3 is 1.50 bits per heavy atom. The van der Waals surface area contributed by atoms with Gasteiger partial charge in [0.15, 0.2) is 0 Å². The first-order chi connectivity index (χ1) is 2.94. The number of hydrogen-bond donors (Lipinski definition) is 0. The third kappa shape index (κ3) is 5.20. The molecule has 0 atom stereocenters. The van der Waals surface area contributed by atoms with E-state index in [4.69, 9.17) is 11.6 Å². The molecule has 0 bridgehead atoms. The summed E-state index contributed by atoms with van der Waals surface area (Å²) >= 11 is 5.87. The van der Waals surface area contributed by atoms with Crippen LogP contribution in [0.1, 0.15) is 30.5 Å². The molecule has 0 saturated heterocycles. The summed E-state index contributed by atoms with van der Waals surface area (Å²) < 4.78 is 0. The van der Waals surface area contributed by atoms with E-state index >= 15 is 0 Å². The molecule has 0 aliphatic carbocycles. The van der Waals surface area contributed by atoms with Crippen LogP contribution in [0.4, 0.5) is 0 Å². The van der Waals surface area contributed by atoms with Gasteiger partial charge in [-0.3, -0.25) is 0 Å². The van der Waals surface area contributed by atoms with Crippen molar-refractivity contribution in [2.24, 2.45) is 5.92 Å². The first kappa shape index (κ1) is 11.8. The van der Waals surface area contributed by atoms with Crippen molar-refractivity contribution in [3.05, 3.63) is 0 Å². The van der Waals surface area contributed by atoms with Crippen LogP contribution >= 0.6 is 11.6 Å². The van der Waals surface area contributed by atoms with Crippen LogP contribution in [0.15, 0.2) is 0 Å². The van der Waals surface area contributed by atoms with Gasteiger partial charge in [-0.25, -0.2) is 0 Å². The minimum atomic E-state index is -0.0278.